The van der Waals surface area contributed by atoms with E-state index in [1.54, 1.807) is 6.07 Å². The summed E-state index contributed by atoms with van der Waals surface area (Å²) in [6.45, 7) is 11.2. The minimum absolute atomic E-state index is 0.0815. The van der Waals surface area contributed by atoms with Crippen molar-refractivity contribution in [3.8, 4) is 16.9 Å². The van der Waals surface area contributed by atoms with Gasteiger partial charge in [-0.1, -0.05) is 39.0 Å². The molecule has 0 spiro atoms. The Kier molecular flexibility index (Phi) is 4.90. The molecule has 1 aliphatic carbocycles. The fourth-order valence-electron chi connectivity index (χ4n) is 3.32. The molecule has 1 unspecified atom stereocenters. The van der Waals surface area contributed by atoms with Gasteiger partial charge in [0.1, 0.15) is 5.75 Å². The molecule has 0 saturated carbocycles. The summed E-state index contributed by atoms with van der Waals surface area (Å²) in [6, 6.07) is 10.3. The summed E-state index contributed by atoms with van der Waals surface area (Å²) in [7, 11) is -1.86. The van der Waals surface area contributed by atoms with Crippen molar-refractivity contribution in [2.24, 2.45) is 0 Å². The second kappa shape index (κ2) is 6.76. The Hall–Kier alpha value is -2.18. The molecule has 0 bridgehead atoms. The molecule has 1 atom stereocenters. The van der Waals surface area contributed by atoms with Crippen LogP contribution in [0.2, 0.25) is 18.1 Å². The van der Waals surface area contributed by atoms with E-state index in [4.69, 9.17) is 4.43 Å². The van der Waals surface area contributed by atoms with Crippen molar-refractivity contribution in [3.05, 3.63) is 57.6 Å². The molecular formula is C21H27NO4Si. The second-order valence-corrected chi connectivity index (χ2v) is 13.5. The standard InChI is InChI=1S/C21H27NO4Si/c1-21(2,3)27(4,5)26-20-11-7-15-12-14(6-9-18(15)20)17-10-8-16(23)13-19(17)22(24)25/h6,8-10,12-13,20,23H,7,11H2,1-5H3. The number of phenols is 1. The van der Waals surface area contributed by atoms with Crippen LogP contribution in [0.25, 0.3) is 11.1 Å². The molecule has 0 radical (unpaired) electrons. The van der Waals surface area contributed by atoms with Crippen molar-refractivity contribution in [2.45, 2.75) is 57.8 Å². The predicted molar refractivity (Wildman–Crippen MR) is 110 cm³/mol. The van der Waals surface area contributed by atoms with Gasteiger partial charge in [0.05, 0.1) is 22.7 Å². The Balaban J connectivity index is 1.93. The summed E-state index contributed by atoms with van der Waals surface area (Å²) in [5.41, 5.74) is 3.63. The highest BCUT2D eigenvalue weighted by Crippen LogP contribution is 2.44. The van der Waals surface area contributed by atoms with Gasteiger partial charge in [-0.2, -0.15) is 0 Å². The van der Waals surface area contributed by atoms with E-state index in [9.17, 15) is 15.2 Å². The van der Waals surface area contributed by atoms with E-state index in [0.29, 0.717) is 5.56 Å². The maximum Gasteiger partial charge on any atom is 0.280 e. The smallest absolute Gasteiger partial charge is 0.280 e. The molecule has 2 aromatic rings. The molecular weight excluding hydrogens is 358 g/mol. The molecule has 0 heterocycles. The van der Waals surface area contributed by atoms with Crippen molar-refractivity contribution in [3.63, 3.8) is 0 Å². The number of fused-ring (bicyclic) bond motifs is 1. The number of aromatic hydroxyl groups is 1. The molecule has 0 saturated heterocycles. The highest BCUT2D eigenvalue weighted by atomic mass is 28.4. The molecule has 5 nitrogen and oxygen atoms in total. The first kappa shape index (κ1) is 19.6. The van der Waals surface area contributed by atoms with Gasteiger partial charge < -0.3 is 9.53 Å². The van der Waals surface area contributed by atoms with Crippen LogP contribution in [0.5, 0.6) is 5.75 Å². The number of nitrogens with zero attached hydrogens (tertiary/aromatic N) is 1. The van der Waals surface area contributed by atoms with E-state index in [1.165, 1.54) is 23.3 Å². The average Bonchev–Trinajstić information content (AvgIpc) is 2.95. The maximum atomic E-state index is 11.4. The van der Waals surface area contributed by atoms with Gasteiger partial charge in [-0.15, -0.1) is 0 Å². The summed E-state index contributed by atoms with van der Waals surface area (Å²) < 4.78 is 6.61. The number of aryl methyl sites for hydroxylation is 1. The highest BCUT2D eigenvalue weighted by molar-refractivity contribution is 6.74. The summed E-state index contributed by atoms with van der Waals surface area (Å²) in [6.07, 6.45) is 1.96. The third-order valence-electron chi connectivity index (χ3n) is 5.90. The Bertz CT molecular complexity index is 886. The molecule has 27 heavy (non-hydrogen) atoms. The summed E-state index contributed by atoms with van der Waals surface area (Å²) in [5, 5.41) is 21.1. The molecule has 1 N–H and O–H groups in total. The van der Waals surface area contributed by atoms with Gasteiger partial charge >= 0.3 is 0 Å². The van der Waals surface area contributed by atoms with Crippen LogP contribution in [0.3, 0.4) is 0 Å². The lowest BCUT2D eigenvalue weighted by atomic mass is 9.99. The van der Waals surface area contributed by atoms with E-state index in [2.05, 4.69) is 33.9 Å². The van der Waals surface area contributed by atoms with Gasteiger partial charge in [0, 0.05) is 0 Å². The molecule has 0 amide bonds. The van der Waals surface area contributed by atoms with Crippen LogP contribution in [0.15, 0.2) is 36.4 Å². The summed E-state index contributed by atoms with van der Waals surface area (Å²) in [5.74, 6) is -0.102. The van der Waals surface area contributed by atoms with Crippen LogP contribution < -0.4 is 0 Å². The van der Waals surface area contributed by atoms with Gasteiger partial charge in [-0.25, -0.2) is 0 Å². The molecule has 0 aliphatic heterocycles. The molecule has 2 aromatic carbocycles. The zero-order valence-corrected chi connectivity index (χ0v) is 17.6. The molecule has 0 aromatic heterocycles. The zero-order valence-electron chi connectivity index (χ0n) is 16.6. The van der Waals surface area contributed by atoms with Crippen molar-refractivity contribution in [1.82, 2.24) is 0 Å². The molecule has 144 valence electrons. The van der Waals surface area contributed by atoms with Crippen LogP contribution in [-0.4, -0.2) is 18.3 Å². The monoisotopic (exact) mass is 385 g/mol. The minimum Gasteiger partial charge on any atom is -0.508 e. The Labute approximate surface area is 161 Å². The third kappa shape index (κ3) is 3.77. The lowest BCUT2D eigenvalue weighted by molar-refractivity contribution is -0.384. The largest absolute Gasteiger partial charge is 0.508 e. The van der Waals surface area contributed by atoms with E-state index >= 15 is 0 Å². The first-order valence-electron chi connectivity index (χ1n) is 9.28. The fraction of sp³-hybridized carbons (Fsp3) is 0.429. The van der Waals surface area contributed by atoms with E-state index < -0.39 is 13.2 Å². The topological polar surface area (TPSA) is 72.6 Å². The van der Waals surface area contributed by atoms with Crippen LogP contribution in [-0.2, 0) is 10.8 Å². The van der Waals surface area contributed by atoms with Gasteiger partial charge in [0.2, 0.25) is 0 Å². The maximum absolute atomic E-state index is 11.4. The van der Waals surface area contributed by atoms with Crippen LogP contribution in [0.1, 0.15) is 44.4 Å². The Morgan fingerprint density at radius 3 is 2.52 bits per heavy atom. The van der Waals surface area contributed by atoms with E-state index in [1.807, 2.05) is 18.2 Å². The molecule has 0 fully saturated rings. The summed E-state index contributed by atoms with van der Waals surface area (Å²) in [4.78, 5) is 10.9. The van der Waals surface area contributed by atoms with Crippen molar-refractivity contribution >= 4 is 14.0 Å². The van der Waals surface area contributed by atoms with Crippen molar-refractivity contribution in [1.29, 1.82) is 0 Å². The average molecular weight is 386 g/mol. The van der Waals surface area contributed by atoms with Crippen LogP contribution >= 0.6 is 0 Å². The Morgan fingerprint density at radius 2 is 1.89 bits per heavy atom. The van der Waals surface area contributed by atoms with E-state index in [0.717, 1.165) is 18.4 Å². The molecule has 1 aliphatic rings. The fourth-order valence-corrected chi connectivity index (χ4v) is 4.63. The Morgan fingerprint density at radius 1 is 1.19 bits per heavy atom. The molecule has 3 rings (SSSR count). The van der Waals surface area contributed by atoms with Crippen molar-refractivity contribution in [2.75, 3.05) is 0 Å². The lowest BCUT2D eigenvalue weighted by Crippen LogP contribution is -2.41. The number of nitro groups is 1. The minimum atomic E-state index is -1.86. The predicted octanol–water partition coefficient (Wildman–Crippen LogP) is 5.98. The second-order valence-electron chi connectivity index (χ2n) is 8.78. The number of hydrogen-bond donors (Lipinski definition) is 1. The normalized spacial score (nSPS) is 17.0. The first-order valence-corrected chi connectivity index (χ1v) is 12.2. The van der Waals surface area contributed by atoms with Crippen molar-refractivity contribution < 1.29 is 14.5 Å². The highest BCUT2D eigenvalue weighted by Gasteiger charge is 2.40. The number of phenolic OH excluding ortho intramolecular Hbond substituents is 1. The SMILES string of the molecule is CC(C)(C)[Si](C)(C)OC1CCc2cc(-c3ccc(O)cc3[N+](=O)[O-])ccc21. The lowest BCUT2D eigenvalue weighted by Gasteiger charge is -2.38. The third-order valence-corrected chi connectivity index (χ3v) is 10.4. The van der Waals surface area contributed by atoms with Gasteiger partial charge in [0.25, 0.3) is 5.69 Å². The van der Waals surface area contributed by atoms with Crippen LogP contribution in [0.4, 0.5) is 5.69 Å². The number of benzene rings is 2. The summed E-state index contributed by atoms with van der Waals surface area (Å²) >= 11 is 0. The van der Waals surface area contributed by atoms with Gasteiger partial charge in [-0.05, 0) is 59.8 Å². The number of hydrogen-bond acceptors (Lipinski definition) is 4. The number of nitro benzene ring substituents is 1. The van der Waals surface area contributed by atoms with E-state index in [-0.39, 0.29) is 22.6 Å². The van der Waals surface area contributed by atoms with Gasteiger partial charge in [0.15, 0.2) is 8.32 Å². The zero-order chi connectivity index (χ0) is 20.0. The van der Waals surface area contributed by atoms with Gasteiger partial charge in [-0.3, -0.25) is 10.1 Å². The molecule has 6 heteroatoms. The number of rotatable bonds is 4. The van der Waals surface area contributed by atoms with Crippen LogP contribution in [0, 0.1) is 10.1 Å². The quantitative estimate of drug-likeness (QED) is 0.399. The first-order chi connectivity index (χ1) is 12.5.